The highest BCUT2D eigenvalue weighted by Gasteiger charge is 2.41. The molecule has 1 saturated carbocycles. The van der Waals surface area contributed by atoms with Gasteiger partial charge in [-0.1, -0.05) is 25.8 Å². The molecule has 1 atom stereocenters. The number of aromatic nitrogens is 2. The fourth-order valence-corrected chi connectivity index (χ4v) is 5.83. The zero-order valence-corrected chi connectivity index (χ0v) is 21.9. The lowest BCUT2D eigenvalue weighted by Gasteiger charge is -2.43. The van der Waals surface area contributed by atoms with Gasteiger partial charge in [-0.25, -0.2) is 4.98 Å². The molecule has 10 nitrogen and oxygen atoms in total. The molecule has 1 aliphatic carbocycles. The number of rotatable bonds is 7. The van der Waals surface area contributed by atoms with E-state index in [9.17, 15) is 9.59 Å². The number of carbonyl (C=O) groups is 2. The summed E-state index contributed by atoms with van der Waals surface area (Å²) in [7, 11) is 3.35. The lowest BCUT2D eigenvalue weighted by molar-refractivity contribution is -0.120. The van der Waals surface area contributed by atoms with Crippen molar-refractivity contribution in [2.75, 3.05) is 42.4 Å². The van der Waals surface area contributed by atoms with Gasteiger partial charge in [-0.05, 0) is 57.3 Å². The summed E-state index contributed by atoms with van der Waals surface area (Å²) in [6.07, 6.45) is 8.67. The minimum Gasteiger partial charge on any atom is -0.494 e. The average molecular weight is 508 g/mol. The van der Waals surface area contributed by atoms with Gasteiger partial charge >= 0.3 is 0 Å². The second-order valence-corrected chi connectivity index (χ2v) is 10.1. The fraction of sp³-hybridized carbons (Fsp3) is 0.556. The van der Waals surface area contributed by atoms with Gasteiger partial charge in [0.2, 0.25) is 11.9 Å². The number of benzene rings is 1. The Morgan fingerprint density at radius 1 is 1.19 bits per heavy atom. The monoisotopic (exact) mass is 507 g/mol. The van der Waals surface area contributed by atoms with Crippen LogP contribution in [0, 0.1) is 0 Å². The number of carbonyl (C=O) groups excluding carboxylic acids is 2. The highest BCUT2D eigenvalue weighted by Crippen LogP contribution is 2.40. The zero-order chi connectivity index (χ0) is 25.9. The first-order valence-electron chi connectivity index (χ1n) is 13.4. The summed E-state index contributed by atoms with van der Waals surface area (Å²) >= 11 is 0. The molecule has 2 amide bonds. The number of hydrogen-bond donors (Lipinski definition) is 3. The van der Waals surface area contributed by atoms with Gasteiger partial charge < -0.3 is 30.5 Å². The maximum absolute atomic E-state index is 13.1. The van der Waals surface area contributed by atoms with Gasteiger partial charge in [0.15, 0.2) is 11.6 Å². The molecule has 3 heterocycles. The molecule has 1 aromatic heterocycles. The number of methoxy groups -OCH3 is 1. The zero-order valence-electron chi connectivity index (χ0n) is 21.9. The van der Waals surface area contributed by atoms with E-state index in [-0.39, 0.29) is 23.9 Å². The van der Waals surface area contributed by atoms with E-state index in [0.717, 1.165) is 57.4 Å². The van der Waals surface area contributed by atoms with Crippen molar-refractivity contribution in [1.29, 1.82) is 0 Å². The smallest absolute Gasteiger partial charge is 0.255 e. The maximum Gasteiger partial charge on any atom is 0.255 e. The van der Waals surface area contributed by atoms with Crippen LogP contribution in [-0.2, 0) is 4.79 Å². The number of fused-ring (bicyclic) bond motifs is 1. The Morgan fingerprint density at radius 2 is 1.95 bits per heavy atom. The molecule has 0 bridgehead atoms. The van der Waals surface area contributed by atoms with Crippen molar-refractivity contribution in [3.63, 3.8) is 0 Å². The van der Waals surface area contributed by atoms with Crippen molar-refractivity contribution in [2.45, 2.75) is 70.0 Å². The summed E-state index contributed by atoms with van der Waals surface area (Å²) < 4.78 is 5.69. The number of hydrogen-bond acceptors (Lipinski definition) is 8. The van der Waals surface area contributed by atoms with Crippen LogP contribution >= 0.6 is 0 Å². The van der Waals surface area contributed by atoms with Crippen LogP contribution in [0.4, 0.5) is 23.1 Å². The van der Waals surface area contributed by atoms with Crippen LogP contribution in [0.2, 0.25) is 0 Å². The molecular weight excluding hydrogens is 470 g/mol. The third kappa shape index (κ3) is 4.94. The van der Waals surface area contributed by atoms with E-state index in [1.807, 2.05) is 12.1 Å². The van der Waals surface area contributed by atoms with Crippen LogP contribution in [0.3, 0.4) is 0 Å². The topological polar surface area (TPSA) is 112 Å². The molecule has 0 unspecified atom stereocenters. The molecule has 2 fully saturated rings. The number of para-hydroxylation sites is 1. The summed E-state index contributed by atoms with van der Waals surface area (Å²) in [5, 5.41) is 9.73. The molecule has 2 aromatic rings. The van der Waals surface area contributed by atoms with Crippen molar-refractivity contribution < 1.29 is 14.3 Å². The Morgan fingerprint density at radius 3 is 2.65 bits per heavy atom. The van der Waals surface area contributed by atoms with E-state index < -0.39 is 0 Å². The Hall–Kier alpha value is -3.40. The standard InChI is InChI=1S/C27H37N7O3/c1-4-21-26(36)33(2)22-16-29-27(32-24(22)34(21)18-8-5-6-9-18)31-20-11-7-10-19(23(20)37-3)25(35)30-17-12-14-28-15-13-17/h7,10-11,16-18,21,28H,4-6,8-9,12-15H2,1-3H3,(H,30,35)(H,29,31,32)/t21-/m1/s1. The summed E-state index contributed by atoms with van der Waals surface area (Å²) in [5.74, 6) is 1.55. The highest BCUT2D eigenvalue weighted by molar-refractivity contribution is 6.04. The first kappa shape index (κ1) is 25.3. The molecule has 198 valence electrons. The Labute approximate surface area is 218 Å². The van der Waals surface area contributed by atoms with Gasteiger partial charge in [0.05, 0.1) is 24.6 Å². The second-order valence-electron chi connectivity index (χ2n) is 10.1. The summed E-state index contributed by atoms with van der Waals surface area (Å²) in [6.45, 7) is 3.85. The minimum atomic E-state index is -0.236. The van der Waals surface area contributed by atoms with Gasteiger partial charge in [0.1, 0.15) is 11.7 Å². The number of ether oxygens (including phenoxy) is 1. The van der Waals surface area contributed by atoms with E-state index in [0.29, 0.717) is 41.1 Å². The largest absolute Gasteiger partial charge is 0.494 e. The van der Waals surface area contributed by atoms with Gasteiger partial charge in [0.25, 0.3) is 5.91 Å². The van der Waals surface area contributed by atoms with Crippen molar-refractivity contribution in [2.24, 2.45) is 0 Å². The predicted octanol–water partition coefficient (Wildman–Crippen LogP) is 3.21. The average Bonchev–Trinajstić information content (AvgIpc) is 3.45. The van der Waals surface area contributed by atoms with E-state index in [4.69, 9.17) is 9.72 Å². The van der Waals surface area contributed by atoms with E-state index >= 15 is 0 Å². The molecule has 0 radical (unpaired) electrons. The first-order chi connectivity index (χ1) is 18.0. The molecule has 5 rings (SSSR count). The van der Waals surface area contributed by atoms with Gasteiger partial charge in [-0.3, -0.25) is 9.59 Å². The quantitative estimate of drug-likeness (QED) is 0.524. The number of anilines is 4. The summed E-state index contributed by atoms with van der Waals surface area (Å²) in [5.41, 5.74) is 1.79. The van der Waals surface area contributed by atoms with Crippen molar-refractivity contribution in [3.05, 3.63) is 30.0 Å². The summed E-state index contributed by atoms with van der Waals surface area (Å²) in [6, 6.07) is 5.64. The maximum atomic E-state index is 13.1. The SMILES string of the molecule is CC[C@@H]1C(=O)N(C)c2cnc(Nc3cccc(C(=O)NC4CCNCC4)c3OC)nc2N1C1CCCC1. The summed E-state index contributed by atoms with van der Waals surface area (Å²) in [4.78, 5) is 39.6. The molecule has 10 heteroatoms. The third-order valence-electron chi connectivity index (χ3n) is 7.80. The van der Waals surface area contributed by atoms with Crippen molar-refractivity contribution in [3.8, 4) is 5.75 Å². The Kier molecular flexibility index (Phi) is 7.45. The number of likely N-dealkylation sites (N-methyl/N-ethyl adjacent to an activating group) is 1. The van der Waals surface area contributed by atoms with Crippen LogP contribution < -0.4 is 30.5 Å². The molecule has 2 aliphatic heterocycles. The van der Waals surface area contributed by atoms with E-state index in [1.165, 1.54) is 0 Å². The molecule has 3 aliphatic rings. The number of amides is 2. The Balaban J connectivity index is 1.44. The molecule has 1 aromatic carbocycles. The number of piperidine rings is 1. The first-order valence-corrected chi connectivity index (χ1v) is 13.4. The van der Waals surface area contributed by atoms with Gasteiger partial charge in [-0.2, -0.15) is 4.98 Å². The fourth-order valence-electron chi connectivity index (χ4n) is 5.83. The van der Waals surface area contributed by atoms with Crippen LogP contribution in [-0.4, -0.2) is 67.2 Å². The molecular formula is C27H37N7O3. The normalized spacial score (nSPS) is 20.6. The van der Waals surface area contributed by atoms with Gasteiger partial charge in [-0.15, -0.1) is 0 Å². The predicted molar refractivity (Wildman–Crippen MR) is 144 cm³/mol. The minimum absolute atomic E-state index is 0.0836. The number of nitrogens with one attached hydrogen (secondary N) is 3. The lowest BCUT2D eigenvalue weighted by atomic mass is 10.0. The Bertz CT molecular complexity index is 1140. The van der Waals surface area contributed by atoms with Crippen molar-refractivity contribution >= 4 is 35.0 Å². The molecule has 1 saturated heterocycles. The van der Waals surface area contributed by atoms with Gasteiger partial charge in [0, 0.05) is 19.1 Å². The van der Waals surface area contributed by atoms with E-state index in [1.54, 1.807) is 31.3 Å². The van der Waals surface area contributed by atoms with Crippen LogP contribution in [0.15, 0.2) is 24.4 Å². The molecule has 0 spiro atoms. The third-order valence-corrected chi connectivity index (χ3v) is 7.80. The molecule has 37 heavy (non-hydrogen) atoms. The number of nitrogens with zero attached hydrogens (tertiary/aromatic N) is 4. The molecule has 3 N–H and O–H groups in total. The van der Waals surface area contributed by atoms with Crippen molar-refractivity contribution in [1.82, 2.24) is 20.6 Å². The van der Waals surface area contributed by atoms with Crippen LogP contribution in [0.1, 0.15) is 62.2 Å². The van der Waals surface area contributed by atoms with E-state index in [2.05, 4.69) is 32.8 Å². The van der Waals surface area contributed by atoms with Crippen LogP contribution in [0.25, 0.3) is 0 Å². The lowest BCUT2D eigenvalue weighted by Crippen LogP contribution is -2.55. The highest BCUT2D eigenvalue weighted by atomic mass is 16.5. The van der Waals surface area contributed by atoms with Crippen LogP contribution in [0.5, 0.6) is 5.75 Å². The second kappa shape index (κ2) is 10.9.